The summed E-state index contributed by atoms with van der Waals surface area (Å²) in [5.41, 5.74) is 1.35. The molecule has 2 N–H and O–H groups in total. The van der Waals surface area contributed by atoms with E-state index in [1.54, 1.807) is 10.8 Å². The second kappa shape index (κ2) is 6.17. The van der Waals surface area contributed by atoms with Gasteiger partial charge in [0.05, 0.1) is 6.20 Å². The summed E-state index contributed by atoms with van der Waals surface area (Å²) in [6.07, 6.45) is 5.09. The second-order valence-electron chi connectivity index (χ2n) is 4.04. The van der Waals surface area contributed by atoms with E-state index < -0.39 is 0 Å². The van der Waals surface area contributed by atoms with Gasteiger partial charge in [-0.1, -0.05) is 0 Å². The van der Waals surface area contributed by atoms with Crippen LogP contribution >= 0.6 is 24.8 Å². The van der Waals surface area contributed by atoms with Gasteiger partial charge in [0.15, 0.2) is 5.65 Å². The SMILES string of the molecule is Cl.Cl.O=c1[nH]c2ncncc2n1C1CCNCC1. The maximum absolute atomic E-state index is 11.9. The molecule has 3 heterocycles. The average molecular weight is 292 g/mol. The van der Waals surface area contributed by atoms with Gasteiger partial charge in [-0.25, -0.2) is 14.8 Å². The Labute approximate surface area is 116 Å². The van der Waals surface area contributed by atoms with Gasteiger partial charge in [-0.3, -0.25) is 9.55 Å². The molecule has 0 atom stereocenters. The third-order valence-electron chi connectivity index (χ3n) is 3.07. The number of hydrogen-bond donors (Lipinski definition) is 2. The van der Waals surface area contributed by atoms with E-state index in [0.717, 1.165) is 31.4 Å². The van der Waals surface area contributed by atoms with Crippen LogP contribution in [0, 0.1) is 0 Å². The number of fused-ring (bicyclic) bond motifs is 1. The molecule has 100 valence electrons. The molecule has 0 spiro atoms. The van der Waals surface area contributed by atoms with E-state index in [9.17, 15) is 4.79 Å². The quantitative estimate of drug-likeness (QED) is 0.818. The molecule has 0 aliphatic carbocycles. The van der Waals surface area contributed by atoms with Gasteiger partial charge in [0, 0.05) is 6.04 Å². The molecule has 0 radical (unpaired) electrons. The Hall–Kier alpha value is -1.11. The van der Waals surface area contributed by atoms with Crippen molar-refractivity contribution in [3.63, 3.8) is 0 Å². The Morgan fingerprint density at radius 1 is 1.28 bits per heavy atom. The van der Waals surface area contributed by atoms with Crippen molar-refractivity contribution in [3.05, 3.63) is 23.0 Å². The zero-order valence-electron chi connectivity index (χ0n) is 9.63. The fourth-order valence-corrected chi connectivity index (χ4v) is 2.29. The van der Waals surface area contributed by atoms with E-state index in [1.165, 1.54) is 6.33 Å². The topological polar surface area (TPSA) is 75.6 Å². The fourth-order valence-electron chi connectivity index (χ4n) is 2.29. The Morgan fingerprint density at radius 3 is 2.72 bits per heavy atom. The molecule has 8 heteroatoms. The molecule has 3 rings (SSSR count). The highest BCUT2D eigenvalue weighted by Crippen LogP contribution is 2.20. The summed E-state index contributed by atoms with van der Waals surface area (Å²) < 4.78 is 1.79. The second-order valence-corrected chi connectivity index (χ2v) is 4.04. The van der Waals surface area contributed by atoms with Gasteiger partial charge < -0.3 is 5.32 Å². The number of imidazole rings is 1. The average Bonchev–Trinajstić information content (AvgIpc) is 2.66. The van der Waals surface area contributed by atoms with Gasteiger partial charge in [0.25, 0.3) is 0 Å². The fraction of sp³-hybridized carbons (Fsp3) is 0.500. The monoisotopic (exact) mass is 291 g/mol. The maximum Gasteiger partial charge on any atom is 0.327 e. The normalized spacial score (nSPS) is 16.0. The molecule has 1 aliphatic heterocycles. The maximum atomic E-state index is 11.9. The molecule has 6 nitrogen and oxygen atoms in total. The summed E-state index contributed by atoms with van der Waals surface area (Å²) in [5.74, 6) is 0. The van der Waals surface area contributed by atoms with Crippen LogP contribution in [0.2, 0.25) is 0 Å². The van der Waals surface area contributed by atoms with E-state index >= 15 is 0 Å². The molecule has 18 heavy (non-hydrogen) atoms. The summed E-state index contributed by atoms with van der Waals surface area (Å²) in [7, 11) is 0. The van der Waals surface area contributed by atoms with Crippen LogP contribution in [0.15, 0.2) is 17.3 Å². The predicted octanol–water partition coefficient (Wildman–Crippen LogP) is 0.888. The highest BCUT2D eigenvalue weighted by molar-refractivity contribution is 5.85. The molecule has 2 aromatic rings. The minimum Gasteiger partial charge on any atom is -0.317 e. The lowest BCUT2D eigenvalue weighted by molar-refractivity contribution is 0.368. The highest BCUT2D eigenvalue weighted by Gasteiger charge is 2.19. The van der Waals surface area contributed by atoms with Crippen molar-refractivity contribution in [2.75, 3.05) is 13.1 Å². The number of halogens is 2. The van der Waals surface area contributed by atoms with Crippen molar-refractivity contribution in [3.8, 4) is 0 Å². The smallest absolute Gasteiger partial charge is 0.317 e. The largest absolute Gasteiger partial charge is 0.327 e. The van der Waals surface area contributed by atoms with Gasteiger partial charge in [-0.2, -0.15) is 0 Å². The van der Waals surface area contributed by atoms with Gasteiger partial charge in [-0.05, 0) is 25.9 Å². The van der Waals surface area contributed by atoms with Gasteiger partial charge in [0.2, 0.25) is 0 Å². The third kappa shape index (κ3) is 2.50. The molecule has 2 aromatic heterocycles. The standard InChI is InChI=1S/C10H13N5O.2ClH/c16-10-14-9-8(5-12-6-13-9)15(10)7-1-3-11-4-2-7;;/h5-7,11H,1-4H2,(H,12,13,14,16);2*1H. The number of nitrogens with zero attached hydrogens (tertiary/aromatic N) is 3. The van der Waals surface area contributed by atoms with E-state index in [-0.39, 0.29) is 36.5 Å². The number of H-pyrrole nitrogens is 1. The molecule has 0 saturated carbocycles. The van der Waals surface area contributed by atoms with Gasteiger partial charge >= 0.3 is 5.69 Å². The van der Waals surface area contributed by atoms with Crippen molar-refractivity contribution >= 4 is 36.0 Å². The first kappa shape index (κ1) is 14.9. The number of aromatic nitrogens is 4. The number of nitrogens with one attached hydrogen (secondary N) is 2. The third-order valence-corrected chi connectivity index (χ3v) is 3.07. The van der Waals surface area contributed by atoms with Crippen LogP contribution in [0.1, 0.15) is 18.9 Å². The molecular formula is C10H15Cl2N5O. The lowest BCUT2D eigenvalue weighted by Gasteiger charge is -2.23. The van der Waals surface area contributed by atoms with Crippen LogP contribution in [-0.2, 0) is 0 Å². The number of aromatic amines is 1. The van der Waals surface area contributed by atoms with Crippen molar-refractivity contribution < 1.29 is 0 Å². The first-order valence-corrected chi connectivity index (χ1v) is 5.47. The molecule has 0 bridgehead atoms. The summed E-state index contributed by atoms with van der Waals surface area (Å²) in [5, 5.41) is 3.29. The molecule has 1 aliphatic rings. The number of hydrogen-bond acceptors (Lipinski definition) is 4. The van der Waals surface area contributed by atoms with Crippen LogP contribution in [-0.4, -0.2) is 32.6 Å². The zero-order chi connectivity index (χ0) is 11.0. The van der Waals surface area contributed by atoms with Crippen LogP contribution in [0.3, 0.4) is 0 Å². The van der Waals surface area contributed by atoms with Crippen LogP contribution in [0.5, 0.6) is 0 Å². The molecule has 1 saturated heterocycles. The molecule has 0 aromatic carbocycles. The molecule has 0 amide bonds. The van der Waals surface area contributed by atoms with Crippen molar-refractivity contribution in [2.45, 2.75) is 18.9 Å². The van der Waals surface area contributed by atoms with E-state index in [0.29, 0.717) is 5.65 Å². The first-order chi connectivity index (χ1) is 7.86. The van der Waals surface area contributed by atoms with E-state index in [1.807, 2.05) is 0 Å². The van der Waals surface area contributed by atoms with E-state index in [2.05, 4.69) is 20.3 Å². The summed E-state index contributed by atoms with van der Waals surface area (Å²) in [6, 6.07) is 0.258. The summed E-state index contributed by atoms with van der Waals surface area (Å²) >= 11 is 0. The van der Waals surface area contributed by atoms with Gasteiger partial charge in [-0.15, -0.1) is 24.8 Å². The molecule has 1 fully saturated rings. The molecule has 0 unspecified atom stereocenters. The lowest BCUT2D eigenvalue weighted by Crippen LogP contribution is -2.33. The van der Waals surface area contributed by atoms with Crippen LogP contribution in [0.4, 0.5) is 0 Å². The summed E-state index contributed by atoms with van der Waals surface area (Å²) in [6.45, 7) is 1.91. The minimum absolute atomic E-state index is 0. The minimum atomic E-state index is -0.0811. The zero-order valence-corrected chi connectivity index (χ0v) is 11.3. The predicted molar refractivity (Wildman–Crippen MR) is 73.8 cm³/mol. The van der Waals surface area contributed by atoms with Crippen molar-refractivity contribution in [1.29, 1.82) is 0 Å². The Balaban J connectivity index is 0.000000810. The Bertz CT molecular complexity index is 561. The Morgan fingerprint density at radius 2 is 2.00 bits per heavy atom. The van der Waals surface area contributed by atoms with E-state index in [4.69, 9.17) is 0 Å². The lowest BCUT2D eigenvalue weighted by atomic mass is 10.1. The summed E-state index contributed by atoms with van der Waals surface area (Å²) in [4.78, 5) is 22.6. The van der Waals surface area contributed by atoms with Gasteiger partial charge in [0.1, 0.15) is 11.8 Å². The number of piperidine rings is 1. The van der Waals surface area contributed by atoms with Crippen LogP contribution in [0.25, 0.3) is 11.2 Å². The molecular weight excluding hydrogens is 277 g/mol. The van der Waals surface area contributed by atoms with Crippen molar-refractivity contribution in [1.82, 2.24) is 24.8 Å². The van der Waals surface area contributed by atoms with Crippen molar-refractivity contribution in [2.24, 2.45) is 0 Å². The first-order valence-electron chi connectivity index (χ1n) is 5.47. The number of rotatable bonds is 1. The highest BCUT2D eigenvalue weighted by atomic mass is 35.5. The van der Waals surface area contributed by atoms with Crippen LogP contribution < -0.4 is 11.0 Å². The Kier molecular flexibility index (Phi) is 5.13.